The Hall–Kier alpha value is -1.87. The molecule has 2 aromatic rings. The summed E-state index contributed by atoms with van der Waals surface area (Å²) in [5.74, 6) is 1.53. The third-order valence-corrected chi connectivity index (χ3v) is 3.09. The van der Waals surface area contributed by atoms with E-state index >= 15 is 0 Å². The number of benzene rings is 2. The van der Waals surface area contributed by atoms with Crippen LogP contribution in [-0.2, 0) is 0 Å². The second-order valence-electron chi connectivity index (χ2n) is 4.55. The first-order valence-electron chi connectivity index (χ1n) is 6.52. The molecule has 0 saturated heterocycles. The van der Waals surface area contributed by atoms with Gasteiger partial charge in [0.2, 0.25) is 0 Å². The molecule has 0 radical (unpaired) electrons. The molecule has 0 heterocycles. The number of hydrogen-bond acceptors (Lipinski definition) is 3. The third kappa shape index (κ3) is 4.35. The van der Waals surface area contributed by atoms with E-state index in [1.54, 1.807) is 0 Å². The van der Waals surface area contributed by atoms with Crippen molar-refractivity contribution in [1.82, 2.24) is 0 Å². The second-order valence-corrected chi connectivity index (χ2v) is 4.96. The van der Waals surface area contributed by atoms with Crippen molar-refractivity contribution in [3.05, 3.63) is 53.1 Å². The van der Waals surface area contributed by atoms with Crippen LogP contribution in [0.3, 0.4) is 0 Å². The van der Waals surface area contributed by atoms with Crippen molar-refractivity contribution in [2.75, 3.05) is 18.9 Å². The summed E-state index contributed by atoms with van der Waals surface area (Å²) in [4.78, 5) is 0. The Balaban J connectivity index is 1.71. The number of nitrogen functional groups attached to an aromatic ring is 1. The van der Waals surface area contributed by atoms with Crippen LogP contribution >= 0.6 is 11.6 Å². The molecule has 4 heteroatoms. The van der Waals surface area contributed by atoms with Gasteiger partial charge in [0.1, 0.15) is 11.5 Å². The van der Waals surface area contributed by atoms with Crippen LogP contribution in [-0.4, -0.2) is 13.2 Å². The molecule has 2 aromatic carbocycles. The highest BCUT2D eigenvalue weighted by Crippen LogP contribution is 2.25. The molecular formula is C16H18ClNO2. The molecule has 0 aliphatic carbocycles. The Morgan fingerprint density at radius 2 is 1.70 bits per heavy atom. The van der Waals surface area contributed by atoms with Crippen LogP contribution in [0.2, 0.25) is 5.02 Å². The van der Waals surface area contributed by atoms with Gasteiger partial charge in [0, 0.05) is 12.1 Å². The zero-order valence-corrected chi connectivity index (χ0v) is 12.2. The molecule has 0 amide bonds. The van der Waals surface area contributed by atoms with E-state index in [4.69, 9.17) is 26.8 Å². The molecule has 0 aliphatic rings. The summed E-state index contributed by atoms with van der Waals surface area (Å²) in [6, 6.07) is 13.1. The van der Waals surface area contributed by atoms with Gasteiger partial charge in [0.25, 0.3) is 0 Å². The van der Waals surface area contributed by atoms with Crippen LogP contribution in [0.4, 0.5) is 5.69 Å². The standard InChI is InChI=1S/C16H18ClNO2/c1-12-3-8-15(17)16(11-12)20-10-2-9-19-14-6-4-13(18)5-7-14/h3-8,11H,2,9-10,18H2,1H3. The monoisotopic (exact) mass is 291 g/mol. The summed E-state index contributed by atoms with van der Waals surface area (Å²) in [7, 11) is 0. The van der Waals surface area contributed by atoms with Crippen molar-refractivity contribution < 1.29 is 9.47 Å². The first kappa shape index (κ1) is 14.5. The number of ether oxygens (including phenoxy) is 2. The number of halogens is 1. The Labute approximate surface area is 124 Å². The maximum absolute atomic E-state index is 6.05. The van der Waals surface area contributed by atoms with Crippen LogP contribution in [0, 0.1) is 6.92 Å². The summed E-state index contributed by atoms with van der Waals surface area (Å²) >= 11 is 6.05. The van der Waals surface area contributed by atoms with Gasteiger partial charge < -0.3 is 15.2 Å². The van der Waals surface area contributed by atoms with Crippen molar-refractivity contribution in [2.45, 2.75) is 13.3 Å². The molecule has 0 bridgehead atoms. The summed E-state index contributed by atoms with van der Waals surface area (Å²) < 4.78 is 11.2. The van der Waals surface area contributed by atoms with E-state index in [2.05, 4.69) is 0 Å². The van der Waals surface area contributed by atoms with Crippen molar-refractivity contribution in [2.24, 2.45) is 0 Å². The van der Waals surface area contributed by atoms with E-state index in [0.29, 0.717) is 18.2 Å². The van der Waals surface area contributed by atoms with Gasteiger partial charge >= 0.3 is 0 Å². The molecule has 20 heavy (non-hydrogen) atoms. The van der Waals surface area contributed by atoms with Crippen LogP contribution in [0.5, 0.6) is 11.5 Å². The number of anilines is 1. The Kier molecular flexibility index (Phi) is 5.13. The summed E-state index contributed by atoms with van der Waals surface area (Å²) in [5, 5.41) is 0.634. The molecule has 0 aromatic heterocycles. The van der Waals surface area contributed by atoms with Crippen LogP contribution in [0.25, 0.3) is 0 Å². The van der Waals surface area contributed by atoms with Gasteiger partial charge in [0.05, 0.1) is 18.2 Å². The predicted molar refractivity (Wildman–Crippen MR) is 82.7 cm³/mol. The maximum Gasteiger partial charge on any atom is 0.138 e. The van der Waals surface area contributed by atoms with E-state index in [0.717, 1.165) is 29.2 Å². The SMILES string of the molecule is Cc1ccc(Cl)c(OCCCOc2ccc(N)cc2)c1. The van der Waals surface area contributed by atoms with Crippen molar-refractivity contribution in [1.29, 1.82) is 0 Å². The lowest BCUT2D eigenvalue weighted by Crippen LogP contribution is -2.05. The molecule has 2 rings (SSSR count). The number of nitrogens with two attached hydrogens (primary N) is 1. The minimum atomic E-state index is 0.568. The number of aryl methyl sites for hydroxylation is 1. The molecule has 0 saturated carbocycles. The number of rotatable bonds is 6. The highest BCUT2D eigenvalue weighted by molar-refractivity contribution is 6.32. The van der Waals surface area contributed by atoms with Gasteiger partial charge in [-0.15, -0.1) is 0 Å². The lowest BCUT2D eigenvalue weighted by molar-refractivity contribution is 0.247. The topological polar surface area (TPSA) is 44.5 Å². The molecule has 2 N–H and O–H groups in total. The fourth-order valence-corrected chi connectivity index (χ4v) is 1.89. The van der Waals surface area contributed by atoms with E-state index in [1.165, 1.54) is 0 Å². The van der Waals surface area contributed by atoms with E-state index < -0.39 is 0 Å². The van der Waals surface area contributed by atoms with Gasteiger partial charge in [-0.05, 0) is 48.9 Å². The Morgan fingerprint density at radius 3 is 2.45 bits per heavy atom. The van der Waals surface area contributed by atoms with Gasteiger partial charge in [0.15, 0.2) is 0 Å². The smallest absolute Gasteiger partial charge is 0.138 e. The molecule has 0 fully saturated rings. The molecule has 0 atom stereocenters. The first-order valence-corrected chi connectivity index (χ1v) is 6.90. The second kappa shape index (κ2) is 7.06. The highest BCUT2D eigenvalue weighted by atomic mass is 35.5. The van der Waals surface area contributed by atoms with Gasteiger partial charge in [-0.3, -0.25) is 0 Å². The normalized spacial score (nSPS) is 10.3. The van der Waals surface area contributed by atoms with Crippen LogP contribution in [0.15, 0.2) is 42.5 Å². The molecule has 0 aliphatic heterocycles. The summed E-state index contributed by atoms with van der Waals surface area (Å²) in [6.07, 6.45) is 0.786. The van der Waals surface area contributed by atoms with Gasteiger partial charge in [-0.2, -0.15) is 0 Å². The highest BCUT2D eigenvalue weighted by Gasteiger charge is 2.01. The van der Waals surface area contributed by atoms with Crippen molar-refractivity contribution >= 4 is 17.3 Å². The predicted octanol–water partition coefficient (Wildman–Crippen LogP) is 4.08. The Bertz CT molecular complexity index is 555. The lowest BCUT2D eigenvalue weighted by atomic mass is 10.2. The number of hydrogen-bond donors (Lipinski definition) is 1. The quantitative estimate of drug-likeness (QED) is 0.644. The largest absolute Gasteiger partial charge is 0.493 e. The molecule has 0 unspecified atom stereocenters. The zero-order chi connectivity index (χ0) is 14.4. The maximum atomic E-state index is 6.05. The zero-order valence-electron chi connectivity index (χ0n) is 11.4. The first-order chi connectivity index (χ1) is 9.65. The molecular weight excluding hydrogens is 274 g/mol. The van der Waals surface area contributed by atoms with E-state index in [-0.39, 0.29) is 0 Å². The molecule has 3 nitrogen and oxygen atoms in total. The Morgan fingerprint density at radius 1 is 1.00 bits per heavy atom. The fraction of sp³-hybridized carbons (Fsp3) is 0.250. The van der Waals surface area contributed by atoms with Crippen LogP contribution in [0.1, 0.15) is 12.0 Å². The van der Waals surface area contributed by atoms with E-state index in [1.807, 2.05) is 49.4 Å². The summed E-state index contributed by atoms with van der Waals surface area (Å²) in [5.41, 5.74) is 7.46. The lowest BCUT2D eigenvalue weighted by Gasteiger charge is -2.10. The van der Waals surface area contributed by atoms with Gasteiger partial charge in [-0.25, -0.2) is 0 Å². The van der Waals surface area contributed by atoms with Crippen LogP contribution < -0.4 is 15.2 Å². The van der Waals surface area contributed by atoms with Gasteiger partial charge in [-0.1, -0.05) is 17.7 Å². The molecule has 106 valence electrons. The average Bonchev–Trinajstić information content (AvgIpc) is 2.44. The fourth-order valence-electron chi connectivity index (χ4n) is 1.72. The average molecular weight is 292 g/mol. The minimum Gasteiger partial charge on any atom is -0.493 e. The molecule has 0 spiro atoms. The summed E-state index contributed by atoms with van der Waals surface area (Å²) in [6.45, 7) is 3.17. The van der Waals surface area contributed by atoms with Crippen molar-refractivity contribution in [3.63, 3.8) is 0 Å². The third-order valence-electron chi connectivity index (χ3n) is 2.78. The minimum absolute atomic E-state index is 0.568. The van der Waals surface area contributed by atoms with Crippen molar-refractivity contribution in [3.8, 4) is 11.5 Å². The van der Waals surface area contributed by atoms with E-state index in [9.17, 15) is 0 Å².